The summed E-state index contributed by atoms with van der Waals surface area (Å²) in [6.07, 6.45) is -2.91. The lowest BCUT2D eigenvalue weighted by Gasteiger charge is -2.30. The van der Waals surface area contributed by atoms with Gasteiger partial charge in [-0.3, -0.25) is 14.8 Å². The molecule has 29 heavy (non-hydrogen) atoms. The van der Waals surface area contributed by atoms with Crippen LogP contribution in [0.3, 0.4) is 0 Å². The number of hydrogen-bond donors (Lipinski definition) is 5. The number of ether oxygens (including phenoxy) is 1. The zero-order valence-electron chi connectivity index (χ0n) is 15.3. The van der Waals surface area contributed by atoms with Crippen molar-refractivity contribution >= 4 is 11.7 Å². The molecule has 1 aromatic carbocycles. The molecule has 0 amide bonds. The van der Waals surface area contributed by atoms with Gasteiger partial charge in [0, 0.05) is 0 Å². The largest absolute Gasteiger partial charge is 0.394 e. The predicted molar refractivity (Wildman–Crippen MR) is 98.3 cm³/mol. The Morgan fingerprint density at radius 2 is 2.07 bits per heavy atom. The summed E-state index contributed by atoms with van der Waals surface area (Å²) >= 11 is 0. The highest BCUT2D eigenvalue weighted by molar-refractivity contribution is 5.99. The fourth-order valence-corrected chi connectivity index (χ4v) is 3.29. The molecule has 0 aliphatic carbocycles. The fraction of sp³-hybridized carbons (Fsp3) is 0.389. The van der Waals surface area contributed by atoms with E-state index in [0.29, 0.717) is 17.1 Å². The number of aromatic nitrogens is 2. The minimum atomic E-state index is -1.24. The molecule has 0 spiro atoms. The Labute approximate surface area is 165 Å². The van der Waals surface area contributed by atoms with Crippen LogP contribution >= 0.6 is 0 Å². The Balaban J connectivity index is 1.46. The number of nitrogens with one attached hydrogen (secondary N) is 2. The van der Waals surface area contributed by atoms with Gasteiger partial charge in [-0.1, -0.05) is 12.1 Å². The van der Waals surface area contributed by atoms with Gasteiger partial charge in [0.05, 0.1) is 24.6 Å². The van der Waals surface area contributed by atoms with Crippen LogP contribution in [0.2, 0.25) is 0 Å². The van der Waals surface area contributed by atoms with E-state index < -0.39 is 31.1 Å². The van der Waals surface area contributed by atoms with Gasteiger partial charge in [-0.05, 0) is 17.7 Å². The first-order valence-electron chi connectivity index (χ1n) is 8.95. The zero-order valence-corrected chi connectivity index (χ0v) is 15.3. The Bertz CT molecular complexity index is 939. The molecule has 11 nitrogen and oxygen atoms in total. The van der Waals surface area contributed by atoms with Gasteiger partial charge in [-0.25, -0.2) is 10.0 Å². The van der Waals surface area contributed by atoms with E-state index in [1.165, 1.54) is 16.0 Å². The molecular weight excluding hydrogens is 380 g/mol. The highest BCUT2D eigenvalue weighted by atomic mass is 16.7. The predicted octanol–water partition coefficient (Wildman–Crippen LogP) is -0.492. The Kier molecular flexibility index (Phi) is 5.18. The minimum Gasteiger partial charge on any atom is -0.394 e. The summed E-state index contributed by atoms with van der Waals surface area (Å²) in [4.78, 5) is 9.88. The highest BCUT2D eigenvalue weighted by Gasteiger charge is 2.44. The van der Waals surface area contributed by atoms with Gasteiger partial charge in [0.25, 0.3) is 0 Å². The van der Waals surface area contributed by atoms with E-state index >= 15 is 0 Å². The quantitative estimate of drug-likeness (QED) is 0.446. The Morgan fingerprint density at radius 1 is 1.31 bits per heavy atom. The Morgan fingerprint density at radius 3 is 2.72 bits per heavy atom. The summed E-state index contributed by atoms with van der Waals surface area (Å²) in [7, 11) is 0. The molecule has 2 aliphatic heterocycles. The molecule has 0 unspecified atom stereocenters. The number of amidine groups is 1. The molecule has 2 aliphatic rings. The van der Waals surface area contributed by atoms with Gasteiger partial charge < -0.3 is 25.4 Å². The monoisotopic (exact) mass is 400 g/mol. The second-order valence-corrected chi connectivity index (χ2v) is 6.72. The van der Waals surface area contributed by atoms with Crippen LogP contribution in [0.4, 0.5) is 5.82 Å². The second kappa shape index (κ2) is 7.78. The molecule has 4 rings (SSSR count). The third-order valence-electron chi connectivity index (χ3n) is 4.92. The third-order valence-corrected chi connectivity index (χ3v) is 4.92. The van der Waals surface area contributed by atoms with E-state index in [9.17, 15) is 15.3 Å². The van der Waals surface area contributed by atoms with Crippen molar-refractivity contribution in [3.05, 3.63) is 47.4 Å². The molecule has 3 heterocycles. The maximum atomic E-state index is 10.2. The maximum absolute atomic E-state index is 10.2. The van der Waals surface area contributed by atoms with E-state index in [0.717, 1.165) is 5.56 Å². The lowest BCUT2D eigenvalue weighted by molar-refractivity contribution is -0.108. The van der Waals surface area contributed by atoms with Crippen LogP contribution in [0, 0.1) is 16.7 Å². The number of imidazole rings is 1. The summed E-state index contributed by atoms with van der Waals surface area (Å²) in [5.74, 6) is 0.473. The molecule has 5 N–H and O–H groups in total. The number of rotatable bonds is 5. The van der Waals surface area contributed by atoms with Crippen molar-refractivity contribution < 1.29 is 24.9 Å². The van der Waals surface area contributed by atoms with Gasteiger partial charge >= 0.3 is 0 Å². The highest BCUT2D eigenvalue weighted by Crippen LogP contribution is 2.34. The summed E-state index contributed by atoms with van der Waals surface area (Å²) in [5.41, 5.74) is 1.70. The van der Waals surface area contributed by atoms with Crippen LogP contribution in [-0.2, 0) is 16.2 Å². The molecule has 1 aromatic heterocycles. The molecule has 0 radical (unpaired) electrons. The number of hydrogen-bond acceptors (Lipinski definition) is 9. The lowest BCUT2D eigenvalue weighted by Crippen LogP contribution is -2.41. The van der Waals surface area contributed by atoms with Crippen molar-refractivity contribution in [3.63, 3.8) is 0 Å². The number of nitriles is 1. The standard InChI is InChI=1S/C18H20N6O5/c19-5-10-1-3-11(4-2-10)7-28-24-9-22-17-13(16(24)20)21-8-23(17)18-15(27)14(26)12(6-25)29-18/h1-4,8,12,14-15,18,20,22,25-27H,6-7,9H2/t12-,14-,15-,18-/m1/s1. The number of aliphatic hydroxyl groups is 3. The van der Waals surface area contributed by atoms with E-state index in [4.69, 9.17) is 20.2 Å². The van der Waals surface area contributed by atoms with Crippen LogP contribution in [0.25, 0.3) is 0 Å². The van der Waals surface area contributed by atoms with Crippen LogP contribution in [0.1, 0.15) is 23.0 Å². The number of anilines is 1. The maximum Gasteiger partial charge on any atom is 0.176 e. The zero-order chi connectivity index (χ0) is 20.5. The van der Waals surface area contributed by atoms with Gasteiger partial charge in [-0.2, -0.15) is 5.26 Å². The summed E-state index contributed by atoms with van der Waals surface area (Å²) in [6.45, 7) is -0.0605. The molecule has 1 fully saturated rings. The van der Waals surface area contributed by atoms with Crippen molar-refractivity contribution in [1.29, 1.82) is 10.7 Å². The molecule has 0 bridgehead atoms. The molecule has 1 saturated heterocycles. The molecule has 0 saturated carbocycles. The normalized spacial score (nSPS) is 26.1. The smallest absolute Gasteiger partial charge is 0.176 e. The first-order chi connectivity index (χ1) is 14.0. The number of hydroxylamine groups is 2. The Hall–Kier alpha value is -3.01. The molecule has 4 atom stereocenters. The topological polar surface area (TPSA) is 160 Å². The first kappa shape index (κ1) is 19.3. The van der Waals surface area contributed by atoms with Crippen molar-refractivity contribution in [2.45, 2.75) is 31.1 Å². The van der Waals surface area contributed by atoms with Crippen molar-refractivity contribution in [3.8, 4) is 6.07 Å². The van der Waals surface area contributed by atoms with E-state index in [2.05, 4.69) is 16.4 Å². The van der Waals surface area contributed by atoms with Gasteiger partial charge in [0.2, 0.25) is 0 Å². The van der Waals surface area contributed by atoms with Crippen LogP contribution in [-0.4, -0.2) is 67.4 Å². The van der Waals surface area contributed by atoms with Crippen molar-refractivity contribution in [2.24, 2.45) is 0 Å². The van der Waals surface area contributed by atoms with Crippen LogP contribution in [0.5, 0.6) is 0 Å². The molecule has 11 heteroatoms. The molecular formula is C18H20N6O5. The second-order valence-electron chi connectivity index (χ2n) is 6.72. The van der Waals surface area contributed by atoms with Crippen LogP contribution in [0.15, 0.2) is 30.6 Å². The van der Waals surface area contributed by atoms with Crippen molar-refractivity contribution in [1.82, 2.24) is 14.6 Å². The van der Waals surface area contributed by atoms with Crippen LogP contribution < -0.4 is 5.32 Å². The average molecular weight is 400 g/mol. The minimum absolute atomic E-state index is 0.0258. The first-order valence-corrected chi connectivity index (χ1v) is 8.95. The number of fused-ring (bicyclic) bond motifs is 1. The summed E-state index contributed by atoms with van der Waals surface area (Å²) in [5, 5.41) is 51.1. The van der Waals surface area contributed by atoms with Crippen molar-refractivity contribution in [2.75, 3.05) is 18.6 Å². The van der Waals surface area contributed by atoms with Gasteiger partial charge in [0.1, 0.15) is 43.1 Å². The SMILES string of the molecule is N#Cc1ccc(CON2CNc3c(ncn3[C@@H]3O[C@H](CO)[C@@H](O)[C@H]3O)C2=N)cc1. The average Bonchev–Trinajstić information content (AvgIpc) is 3.29. The number of aliphatic hydroxyl groups excluding tert-OH is 3. The molecule has 2 aromatic rings. The summed E-state index contributed by atoms with van der Waals surface area (Å²) in [6, 6.07) is 9.00. The lowest BCUT2D eigenvalue weighted by atomic mass is 10.1. The number of benzene rings is 1. The van der Waals surface area contributed by atoms with E-state index in [1.807, 2.05) is 0 Å². The van der Waals surface area contributed by atoms with Gasteiger partial charge in [-0.15, -0.1) is 0 Å². The third kappa shape index (κ3) is 3.44. The van der Waals surface area contributed by atoms with Gasteiger partial charge in [0.15, 0.2) is 12.1 Å². The fourth-order valence-electron chi connectivity index (χ4n) is 3.29. The van der Waals surface area contributed by atoms with E-state index in [1.54, 1.807) is 24.3 Å². The number of nitrogens with zero attached hydrogens (tertiary/aromatic N) is 4. The summed E-state index contributed by atoms with van der Waals surface area (Å²) < 4.78 is 7.02. The molecule has 152 valence electrons. The van der Waals surface area contributed by atoms with E-state index in [-0.39, 0.29) is 19.1 Å².